The molecule has 0 N–H and O–H groups in total. The number of hydrogen-bond acceptors (Lipinski definition) is 3. The summed E-state index contributed by atoms with van der Waals surface area (Å²) in [5, 5.41) is 0. The number of amides is 1. The van der Waals surface area contributed by atoms with E-state index in [0.717, 1.165) is 30.6 Å². The predicted molar refractivity (Wildman–Crippen MR) is 108 cm³/mol. The third-order valence-corrected chi connectivity index (χ3v) is 4.84. The van der Waals surface area contributed by atoms with Crippen molar-refractivity contribution in [2.24, 2.45) is 0 Å². The summed E-state index contributed by atoms with van der Waals surface area (Å²) < 4.78 is 11.2. The van der Waals surface area contributed by atoms with Crippen molar-refractivity contribution in [3.8, 4) is 5.75 Å². The maximum Gasteiger partial charge on any atom is 0.258 e. The molecule has 0 spiro atoms. The van der Waals surface area contributed by atoms with Gasteiger partial charge in [0.2, 0.25) is 0 Å². The van der Waals surface area contributed by atoms with E-state index in [9.17, 15) is 4.79 Å². The maximum atomic E-state index is 13.3. The van der Waals surface area contributed by atoms with E-state index in [-0.39, 0.29) is 12.0 Å². The summed E-state index contributed by atoms with van der Waals surface area (Å²) in [4.78, 5) is 15.2. The summed E-state index contributed by atoms with van der Waals surface area (Å²) in [6.45, 7) is 3.85. The number of ether oxygens (including phenoxy) is 2. The molecular formula is C23H27NO3. The first-order valence-corrected chi connectivity index (χ1v) is 9.45. The van der Waals surface area contributed by atoms with Crippen LogP contribution in [0.25, 0.3) is 6.08 Å². The highest BCUT2D eigenvalue weighted by Gasteiger charge is 2.25. The van der Waals surface area contributed by atoms with Crippen molar-refractivity contribution in [3.05, 3.63) is 71.3 Å². The largest absolute Gasteiger partial charge is 0.496 e. The molecule has 3 rings (SSSR count). The standard InChI is InChI=1S/C23H27NO3/c1-18-9-6-14-21(26-2)22(18)23(25)24(17-20-13-8-16-27-20)15-7-12-19-10-4-3-5-11-19/h3-7,9-12,14,20H,8,13,15-17H2,1-2H3. The fourth-order valence-electron chi connectivity index (χ4n) is 3.40. The third kappa shape index (κ3) is 4.98. The van der Waals surface area contributed by atoms with E-state index >= 15 is 0 Å². The van der Waals surface area contributed by atoms with E-state index < -0.39 is 0 Å². The average molecular weight is 365 g/mol. The Balaban J connectivity index is 1.80. The maximum absolute atomic E-state index is 13.3. The van der Waals surface area contributed by atoms with Gasteiger partial charge in [0.15, 0.2) is 0 Å². The lowest BCUT2D eigenvalue weighted by molar-refractivity contribution is 0.0551. The second-order valence-corrected chi connectivity index (χ2v) is 6.81. The molecule has 0 radical (unpaired) electrons. The molecule has 1 heterocycles. The third-order valence-electron chi connectivity index (χ3n) is 4.84. The Hall–Kier alpha value is -2.59. The fraction of sp³-hybridized carbons (Fsp3) is 0.348. The van der Waals surface area contributed by atoms with E-state index in [1.807, 2.05) is 72.5 Å². The lowest BCUT2D eigenvalue weighted by Gasteiger charge is -2.26. The highest BCUT2D eigenvalue weighted by atomic mass is 16.5. The number of rotatable bonds is 7. The Morgan fingerprint density at radius 3 is 2.74 bits per heavy atom. The van der Waals surface area contributed by atoms with Crippen molar-refractivity contribution in [2.45, 2.75) is 25.9 Å². The van der Waals surface area contributed by atoms with Gasteiger partial charge in [-0.2, -0.15) is 0 Å². The highest BCUT2D eigenvalue weighted by Crippen LogP contribution is 2.24. The summed E-state index contributed by atoms with van der Waals surface area (Å²) in [6.07, 6.45) is 6.24. The predicted octanol–water partition coefficient (Wildman–Crippen LogP) is 4.34. The SMILES string of the molecule is COc1cccc(C)c1C(=O)N(CC=Cc1ccccc1)CC1CCCO1. The Labute approximate surface area is 161 Å². The van der Waals surface area contributed by atoms with Crippen molar-refractivity contribution in [1.29, 1.82) is 0 Å². The van der Waals surface area contributed by atoms with E-state index in [4.69, 9.17) is 9.47 Å². The van der Waals surface area contributed by atoms with Gasteiger partial charge in [0, 0.05) is 19.7 Å². The summed E-state index contributed by atoms with van der Waals surface area (Å²) in [6, 6.07) is 15.8. The van der Waals surface area contributed by atoms with Crippen LogP contribution in [0.3, 0.4) is 0 Å². The molecular weight excluding hydrogens is 338 g/mol. The van der Waals surface area contributed by atoms with Gasteiger partial charge >= 0.3 is 0 Å². The van der Waals surface area contributed by atoms with Crippen molar-refractivity contribution in [1.82, 2.24) is 4.90 Å². The molecule has 1 unspecified atom stereocenters. The van der Waals surface area contributed by atoms with Crippen molar-refractivity contribution in [3.63, 3.8) is 0 Å². The Morgan fingerprint density at radius 2 is 2.04 bits per heavy atom. The summed E-state index contributed by atoms with van der Waals surface area (Å²) in [7, 11) is 1.60. The number of aryl methyl sites for hydroxylation is 1. The Morgan fingerprint density at radius 1 is 1.22 bits per heavy atom. The number of benzene rings is 2. The van der Waals surface area contributed by atoms with Crippen LogP contribution in [0.4, 0.5) is 0 Å². The lowest BCUT2D eigenvalue weighted by Crippen LogP contribution is -2.38. The van der Waals surface area contributed by atoms with Gasteiger partial charge in [-0.15, -0.1) is 0 Å². The van der Waals surface area contributed by atoms with Crippen LogP contribution in [0.2, 0.25) is 0 Å². The molecule has 2 aromatic rings. The second kappa shape index (κ2) is 9.38. The van der Waals surface area contributed by atoms with Gasteiger partial charge in [-0.1, -0.05) is 54.6 Å². The van der Waals surface area contributed by atoms with Gasteiger partial charge in [0.25, 0.3) is 5.91 Å². The summed E-state index contributed by atoms with van der Waals surface area (Å²) in [5.74, 6) is 0.600. The van der Waals surface area contributed by atoms with Crippen LogP contribution >= 0.6 is 0 Å². The fourth-order valence-corrected chi connectivity index (χ4v) is 3.40. The Kier molecular flexibility index (Phi) is 6.66. The number of methoxy groups -OCH3 is 1. The first-order chi connectivity index (χ1) is 13.2. The van der Waals surface area contributed by atoms with Crippen molar-refractivity contribution < 1.29 is 14.3 Å². The molecule has 2 aromatic carbocycles. The van der Waals surface area contributed by atoms with Gasteiger partial charge < -0.3 is 14.4 Å². The molecule has 0 saturated carbocycles. The topological polar surface area (TPSA) is 38.8 Å². The highest BCUT2D eigenvalue weighted by molar-refractivity contribution is 5.98. The molecule has 4 nitrogen and oxygen atoms in total. The minimum atomic E-state index is -0.0156. The first-order valence-electron chi connectivity index (χ1n) is 9.45. The molecule has 1 amide bonds. The molecule has 0 bridgehead atoms. The molecule has 4 heteroatoms. The first kappa shape index (κ1) is 19.2. The van der Waals surface area contributed by atoms with Crippen LogP contribution in [0.15, 0.2) is 54.6 Å². The van der Waals surface area contributed by atoms with Crippen molar-refractivity contribution >= 4 is 12.0 Å². The van der Waals surface area contributed by atoms with E-state index in [1.54, 1.807) is 7.11 Å². The quantitative estimate of drug-likeness (QED) is 0.733. The molecule has 1 atom stereocenters. The van der Waals surface area contributed by atoms with Crippen LogP contribution in [0, 0.1) is 6.92 Å². The molecule has 142 valence electrons. The van der Waals surface area contributed by atoms with Crippen LogP contribution < -0.4 is 4.74 Å². The summed E-state index contributed by atoms with van der Waals surface area (Å²) in [5.41, 5.74) is 2.67. The molecule has 1 saturated heterocycles. The van der Waals surface area contributed by atoms with E-state index in [2.05, 4.69) is 0 Å². The molecule has 1 aliphatic heterocycles. The zero-order valence-corrected chi connectivity index (χ0v) is 16.1. The van der Waals surface area contributed by atoms with E-state index in [0.29, 0.717) is 24.4 Å². The van der Waals surface area contributed by atoms with Crippen molar-refractivity contribution in [2.75, 3.05) is 26.8 Å². The number of nitrogens with zero attached hydrogens (tertiary/aromatic N) is 1. The molecule has 0 aliphatic carbocycles. The summed E-state index contributed by atoms with van der Waals surface area (Å²) >= 11 is 0. The molecule has 27 heavy (non-hydrogen) atoms. The van der Waals surface area contributed by atoms with Gasteiger partial charge in [-0.05, 0) is 37.0 Å². The van der Waals surface area contributed by atoms with Gasteiger partial charge in [0.05, 0.1) is 18.8 Å². The smallest absolute Gasteiger partial charge is 0.258 e. The zero-order valence-electron chi connectivity index (χ0n) is 16.1. The lowest BCUT2D eigenvalue weighted by atomic mass is 10.1. The average Bonchev–Trinajstić information content (AvgIpc) is 3.20. The number of hydrogen-bond donors (Lipinski definition) is 0. The molecule has 1 aliphatic rings. The van der Waals surface area contributed by atoms with Crippen LogP contribution in [-0.2, 0) is 4.74 Å². The Bertz CT molecular complexity index is 779. The van der Waals surface area contributed by atoms with Crippen LogP contribution in [0.5, 0.6) is 5.75 Å². The second-order valence-electron chi connectivity index (χ2n) is 6.81. The van der Waals surface area contributed by atoms with Gasteiger partial charge in [-0.25, -0.2) is 0 Å². The minimum absolute atomic E-state index is 0.0156. The van der Waals surface area contributed by atoms with Crippen LogP contribution in [0.1, 0.15) is 34.3 Å². The minimum Gasteiger partial charge on any atom is -0.496 e. The number of carbonyl (C=O) groups excluding carboxylic acids is 1. The monoisotopic (exact) mass is 365 g/mol. The van der Waals surface area contributed by atoms with Gasteiger partial charge in [-0.3, -0.25) is 4.79 Å². The zero-order chi connectivity index (χ0) is 19.1. The number of carbonyl (C=O) groups is 1. The normalized spacial score (nSPS) is 16.6. The van der Waals surface area contributed by atoms with Crippen LogP contribution in [-0.4, -0.2) is 43.7 Å². The van der Waals surface area contributed by atoms with Gasteiger partial charge in [0.1, 0.15) is 5.75 Å². The molecule has 0 aromatic heterocycles. The molecule has 1 fully saturated rings. The van der Waals surface area contributed by atoms with E-state index in [1.165, 1.54) is 0 Å².